The van der Waals surface area contributed by atoms with Gasteiger partial charge < -0.3 is 15.0 Å². The fourth-order valence-electron chi connectivity index (χ4n) is 3.22. The zero-order valence-corrected chi connectivity index (χ0v) is 15.8. The van der Waals surface area contributed by atoms with Gasteiger partial charge in [-0.25, -0.2) is 9.37 Å². The minimum atomic E-state index is -0.239. The Labute approximate surface area is 153 Å². The van der Waals surface area contributed by atoms with E-state index in [4.69, 9.17) is 4.74 Å². The van der Waals surface area contributed by atoms with Gasteiger partial charge in [0.25, 0.3) is 0 Å². The summed E-state index contributed by atoms with van der Waals surface area (Å²) in [5.74, 6) is 0.498. The molecule has 1 atom stereocenters. The van der Waals surface area contributed by atoms with Gasteiger partial charge in [-0.3, -0.25) is 0 Å². The molecule has 0 aliphatic heterocycles. The molecule has 0 saturated carbocycles. The van der Waals surface area contributed by atoms with Crippen LogP contribution in [-0.2, 0) is 0 Å². The third-order valence-corrected chi connectivity index (χ3v) is 4.46. The highest BCUT2D eigenvalue weighted by Crippen LogP contribution is 2.34. The lowest BCUT2D eigenvalue weighted by Gasteiger charge is -2.24. The first kappa shape index (κ1) is 18.0. The molecule has 1 unspecified atom stereocenters. The molecule has 0 bridgehead atoms. The van der Waals surface area contributed by atoms with Crippen molar-refractivity contribution in [3.8, 4) is 5.75 Å². The van der Waals surface area contributed by atoms with Gasteiger partial charge in [0, 0.05) is 42.1 Å². The number of aryl methyl sites for hydroxylation is 1. The highest BCUT2D eigenvalue weighted by molar-refractivity contribution is 5.95. The molecule has 2 aromatic carbocycles. The second-order valence-electron chi connectivity index (χ2n) is 6.63. The van der Waals surface area contributed by atoms with Crippen LogP contribution in [0.2, 0.25) is 0 Å². The van der Waals surface area contributed by atoms with E-state index < -0.39 is 0 Å². The maximum Gasteiger partial charge on any atom is 0.145 e. The summed E-state index contributed by atoms with van der Waals surface area (Å²) in [7, 11) is 5.56. The molecule has 3 rings (SSSR count). The first-order valence-corrected chi connectivity index (χ1v) is 8.58. The second kappa shape index (κ2) is 7.20. The fraction of sp³-hybridized carbons (Fsp3) is 0.286. The predicted molar refractivity (Wildman–Crippen MR) is 106 cm³/mol. The van der Waals surface area contributed by atoms with Gasteiger partial charge in [0.05, 0.1) is 13.2 Å². The van der Waals surface area contributed by atoms with Crippen LogP contribution in [0.5, 0.6) is 5.75 Å². The smallest absolute Gasteiger partial charge is 0.145 e. The van der Waals surface area contributed by atoms with Crippen molar-refractivity contribution in [2.45, 2.75) is 19.9 Å². The molecule has 0 aliphatic carbocycles. The van der Waals surface area contributed by atoms with Crippen molar-refractivity contribution in [3.05, 3.63) is 59.5 Å². The van der Waals surface area contributed by atoms with E-state index in [2.05, 4.69) is 10.3 Å². The minimum Gasteiger partial charge on any atom is -0.494 e. The number of nitrogens with zero attached hydrogens (tertiary/aromatic N) is 2. The number of benzene rings is 2. The number of nitrogens with one attached hydrogen (secondary N) is 1. The lowest BCUT2D eigenvalue weighted by Crippen LogP contribution is -2.16. The van der Waals surface area contributed by atoms with E-state index in [9.17, 15) is 4.39 Å². The van der Waals surface area contributed by atoms with E-state index in [0.717, 1.165) is 39.3 Å². The molecule has 1 heterocycles. The number of hydrogen-bond donors (Lipinski definition) is 1. The molecule has 0 saturated heterocycles. The van der Waals surface area contributed by atoms with E-state index in [-0.39, 0.29) is 11.9 Å². The van der Waals surface area contributed by atoms with Crippen molar-refractivity contribution < 1.29 is 9.13 Å². The highest BCUT2D eigenvalue weighted by Gasteiger charge is 2.16. The lowest BCUT2D eigenvalue weighted by molar-refractivity contribution is 0.419. The summed E-state index contributed by atoms with van der Waals surface area (Å²) in [6.45, 7) is 3.98. The Hall–Kier alpha value is -2.82. The Morgan fingerprint density at radius 3 is 2.62 bits per heavy atom. The van der Waals surface area contributed by atoms with Crippen molar-refractivity contribution in [2.75, 3.05) is 31.4 Å². The minimum absolute atomic E-state index is 0.0840. The number of fused-ring (bicyclic) bond motifs is 1. The summed E-state index contributed by atoms with van der Waals surface area (Å²) in [5.41, 5.74) is 4.55. The quantitative estimate of drug-likeness (QED) is 0.706. The van der Waals surface area contributed by atoms with Gasteiger partial charge in [0.1, 0.15) is 17.1 Å². The van der Waals surface area contributed by atoms with Crippen LogP contribution in [-0.4, -0.2) is 26.2 Å². The Bertz CT molecular complexity index is 940. The molecule has 136 valence electrons. The highest BCUT2D eigenvalue weighted by atomic mass is 19.1. The SMILES string of the molecule is COc1cccc2c(NC(C)c3cc(F)ccc3N(C)C)cc(C)nc12. The summed E-state index contributed by atoms with van der Waals surface area (Å²) in [6, 6.07) is 12.7. The number of hydrogen-bond acceptors (Lipinski definition) is 4. The van der Waals surface area contributed by atoms with Gasteiger partial charge in [-0.05, 0) is 44.2 Å². The number of anilines is 2. The maximum absolute atomic E-state index is 13.9. The van der Waals surface area contributed by atoms with E-state index >= 15 is 0 Å². The van der Waals surface area contributed by atoms with Gasteiger partial charge >= 0.3 is 0 Å². The van der Waals surface area contributed by atoms with Crippen molar-refractivity contribution >= 4 is 22.3 Å². The van der Waals surface area contributed by atoms with Crippen LogP contribution in [0.1, 0.15) is 24.2 Å². The van der Waals surface area contributed by atoms with Gasteiger partial charge in [-0.2, -0.15) is 0 Å². The van der Waals surface area contributed by atoms with Gasteiger partial charge in [0.15, 0.2) is 0 Å². The molecule has 26 heavy (non-hydrogen) atoms. The van der Waals surface area contributed by atoms with Crippen molar-refractivity contribution in [1.82, 2.24) is 4.98 Å². The van der Waals surface area contributed by atoms with Gasteiger partial charge in [-0.15, -0.1) is 0 Å². The molecular formula is C21H24FN3O. The van der Waals surface area contributed by atoms with Crippen molar-refractivity contribution in [1.29, 1.82) is 0 Å². The molecule has 0 aliphatic rings. The van der Waals surface area contributed by atoms with Crippen LogP contribution >= 0.6 is 0 Å². The predicted octanol–water partition coefficient (Wildman–Crippen LogP) is 4.93. The number of methoxy groups -OCH3 is 1. The summed E-state index contributed by atoms with van der Waals surface area (Å²) >= 11 is 0. The van der Waals surface area contributed by atoms with Crippen LogP contribution in [0.4, 0.5) is 15.8 Å². The summed E-state index contributed by atoms with van der Waals surface area (Å²) in [5, 5.41) is 4.50. The van der Waals surface area contributed by atoms with Crippen LogP contribution < -0.4 is 15.0 Å². The Morgan fingerprint density at radius 2 is 1.92 bits per heavy atom. The lowest BCUT2D eigenvalue weighted by atomic mass is 10.0. The molecule has 1 N–H and O–H groups in total. The second-order valence-corrected chi connectivity index (χ2v) is 6.63. The van der Waals surface area contributed by atoms with Crippen molar-refractivity contribution in [3.63, 3.8) is 0 Å². The Kier molecular flexibility index (Phi) is 4.98. The van der Waals surface area contributed by atoms with E-state index in [1.165, 1.54) is 6.07 Å². The van der Waals surface area contributed by atoms with Crippen LogP contribution in [0.3, 0.4) is 0 Å². The van der Waals surface area contributed by atoms with Gasteiger partial charge in [-0.1, -0.05) is 12.1 Å². The molecule has 3 aromatic rings. The monoisotopic (exact) mass is 353 g/mol. The summed E-state index contributed by atoms with van der Waals surface area (Å²) in [6.07, 6.45) is 0. The zero-order chi connectivity index (χ0) is 18.8. The van der Waals surface area contributed by atoms with Crippen LogP contribution in [0.15, 0.2) is 42.5 Å². The number of para-hydroxylation sites is 1. The number of aromatic nitrogens is 1. The number of rotatable bonds is 5. The first-order valence-electron chi connectivity index (χ1n) is 8.58. The Morgan fingerprint density at radius 1 is 1.15 bits per heavy atom. The third-order valence-electron chi connectivity index (χ3n) is 4.46. The van der Waals surface area contributed by atoms with E-state index in [0.29, 0.717) is 0 Å². The molecule has 0 fully saturated rings. The average molecular weight is 353 g/mol. The van der Waals surface area contributed by atoms with Crippen molar-refractivity contribution in [2.24, 2.45) is 0 Å². The molecule has 0 radical (unpaired) electrons. The number of halogens is 1. The van der Waals surface area contributed by atoms with Crippen LogP contribution in [0, 0.1) is 12.7 Å². The average Bonchev–Trinajstić information content (AvgIpc) is 2.60. The molecule has 0 amide bonds. The van der Waals surface area contributed by atoms with E-state index in [1.807, 2.05) is 63.2 Å². The molecule has 5 heteroatoms. The Balaban J connectivity index is 2.06. The zero-order valence-electron chi connectivity index (χ0n) is 15.8. The molecule has 0 spiro atoms. The maximum atomic E-state index is 13.9. The van der Waals surface area contributed by atoms with E-state index in [1.54, 1.807) is 13.2 Å². The fourth-order valence-corrected chi connectivity index (χ4v) is 3.22. The number of ether oxygens (including phenoxy) is 1. The summed E-state index contributed by atoms with van der Waals surface area (Å²) in [4.78, 5) is 6.61. The third kappa shape index (κ3) is 3.43. The largest absolute Gasteiger partial charge is 0.494 e. The molecule has 4 nitrogen and oxygen atoms in total. The van der Waals surface area contributed by atoms with Crippen LogP contribution in [0.25, 0.3) is 10.9 Å². The number of pyridine rings is 1. The summed E-state index contributed by atoms with van der Waals surface area (Å²) < 4.78 is 19.3. The molecular weight excluding hydrogens is 329 g/mol. The van der Waals surface area contributed by atoms with Gasteiger partial charge in [0.2, 0.25) is 0 Å². The first-order chi connectivity index (χ1) is 12.4. The standard InChI is InChI=1S/C21H24FN3O/c1-13-11-18(16-7-6-8-20(26-5)21(16)23-13)24-14(2)17-12-15(22)9-10-19(17)25(3)4/h6-12,14H,1-5H3,(H,23,24). The topological polar surface area (TPSA) is 37.4 Å². The molecule has 1 aromatic heterocycles. The normalized spacial score (nSPS) is 12.1.